The molecule has 0 bridgehead atoms. The number of esters is 1. The molecular formula is C46H89NO5. The van der Waals surface area contributed by atoms with Gasteiger partial charge in [0, 0.05) is 12.8 Å². The van der Waals surface area contributed by atoms with Crippen LogP contribution in [-0.4, -0.2) is 47.4 Å². The largest absolute Gasteiger partial charge is 0.466 e. The van der Waals surface area contributed by atoms with E-state index in [0.717, 1.165) is 51.4 Å². The van der Waals surface area contributed by atoms with Gasteiger partial charge in [-0.25, -0.2) is 0 Å². The highest BCUT2D eigenvalue weighted by Gasteiger charge is 2.20. The Morgan fingerprint density at radius 3 is 1.42 bits per heavy atom. The van der Waals surface area contributed by atoms with Crippen molar-refractivity contribution in [3.8, 4) is 0 Å². The van der Waals surface area contributed by atoms with E-state index in [9.17, 15) is 19.8 Å². The van der Waals surface area contributed by atoms with Gasteiger partial charge in [0.25, 0.3) is 0 Å². The Labute approximate surface area is 323 Å². The first-order chi connectivity index (χ1) is 25.5. The highest BCUT2D eigenvalue weighted by atomic mass is 16.5. The Balaban J connectivity index is 3.42. The van der Waals surface area contributed by atoms with E-state index in [1.807, 2.05) is 0 Å². The van der Waals surface area contributed by atoms with Crippen LogP contribution in [0.3, 0.4) is 0 Å². The average Bonchev–Trinajstić information content (AvgIpc) is 3.14. The van der Waals surface area contributed by atoms with Crippen molar-refractivity contribution in [1.82, 2.24) is 5.32 Å². The number of allylic oxidation sites excluding steroid dienone is 2. The van der Waals surface area contributed by atoms with E-state index in [-0.39, 0.29) is 18.5 Å². The summed E-state index contributed by atoms with van der Waals surface area (Å²) in [6, 6.07) is -0.544. The molecule has 0 aromatic rings. The quantitative estimate of drug-likeness (QED) is 0.0329. The molecule has 1 amide bonds. The van der Waals surface area contributed by atoms with Crippen LogP contribution in [0, 0.1) is 0 Å². The predicted octanol–water partition coefficient (Wildman–Crippen LogP) is 13.0. The molecule has 0 spiro atoms. The van der Waals surface area contributed by atoms with Gasteiger partial charge in [-0.1, -0.05) is 199 Å². The summed E-state index contributed by atoms with van der Waals surface area (Å²) >= 11 is 0. The topological polar surface area (TPSA) is 95.9 Å². The molecule has 0 saturated heterocycles. The van der Waals surface area contributed by atoms with E-state index in [1.165, 1.54) is 161 Å². The van der Waals surface area contributed by atoms with Crippen LogP contribution in [0.5, 0.6) is 0 Å². The molecule has 52 heavy (non-hydrogen) atoms. The van der Waals surface area contributed by atoms with Crippen molar-refractivity contribution >= 4 is 11.9 Å². The maximum Gasteiger partial charge on any atom is 0.305 e. The summed E-state index contributed by atoms with van der Waals surface area (Å²) in [6.07, 6.45) is 46.0. The molecule has 0 aromatic heterocycles. The molecule has 3 N–H and O–H groups in total. The molecule has 0 heterocycles. The van der Waals surface area contributed by atoms with E-state index in [1.54, 1.807) is 0 Å². The third-order valence-corrected chi connectivity index (χ3v) is 10.6. The summed E-state index contributed by atoms with van der Waals surface area (Å²) in [5, 5.41) is 23.0. The first-order valence-corrected chi connectivity index (χ1v) is 22.9. The second-order valence-corrected chi connectivity index (χ2v) is 15.7. The number of unbranched alkanes of at least 4 members (excludes halogenated alkanes) is 29. The number of carbonyl (C=O) groups excluding carboxylic acids is 2. The van der Waals surface area contributed by atoms with Crippen LogP contribution in [0.15, 0.2) is 12.2 Å². The number of nitrogens with one attached hydrogen (secondary N) is 1. The third kappa shape index (κ3) is 38.3. The minimum absolute atomic E-state index is 0.0110. The fraction of sp³-hybridized carbons (Fsp3) is 0.913. The van der Waals surface area contributed by atoms with Crippen LogP contribution in [0.4, 0.5) is 0 Å². The molecule has 6 nitrogen and oxygen atoms in total. The van der Waals surface area contributed by atoms with Gasteiger partial charge in [0.05, 0.1) is 25.4 Å². The molecule has 308 valence electrons. The highest BCUT2D eigenvalue weighted by Crippen LogP contribution is 2.16. The molecule has 2 atom stereocenters. The van der Waals surface area contributed by atoms with E-state index >= 15 is 0 Å². The van der Waals surface area contributed by atoms with E-state index in [0.29, 0.717) is 25.9 Å². The summed E-state index contributed by atoms with van der Waals surface area (Å²) in [4.78, 5) is 24.3. The van der Waals surface area contributed by atoms with Gasteiger partial charge in [-0.2, -0.15) is 0 Å². The molecule has 2 unspecified atom stereocenters. The molecule has 0 aliphatic heterocycles. The average molecular weight is 736 g/mol. The lowest BCUT2D eigenvalue weighted by atomic mass is 10.0. The van der Waals surface area contributed by atoms with Gasteiger partial charge in [-0.3, -0.25) is 9.59 Å². The Hall–Kier alpha value is -1.40. The van der Waals surface area contributed by atoms with E-state index in [4.69, 9.17) is 4.74 Å². The number of carbonyl (C=O) groups is 2. The normalized spacial score (nSPS) is 12.8. The van der Waals surface area contributed by atoms with Crippen LogP contribution in [0.25, 0.3) is 0 Å². The molecule has 0 aromatic carbocycles. The summed E-state index contributed by atoms with van der Waals surface area (Å²) in [5.41, 5.74) is 0. The lowest BCUT2D eigenvalue weighted by Crippen LogP contribution is -2.45. The lowest BCUT2D eigenvalue weighted by molar-refractivity contribution is -0.143. The Morgan fingerprint density at radius 1 is 0.519 bits per heavy atom. The van der Waals surface area contributed by atoms with Crippen LogP contribution in [0.2, 0.25) is 0 Å². The zero-order valence-electron chi connectivity index (χ0n) is 34.8. The summed E-state index contributed by atoms with van der Waals surface area (Å²) in [5.74, 6) is -0.0577. The number of amides is 1. The standard InChI is InChI=1S/C46H89NO5/c1-3-5-7-9-11-13-19-24-28-32-36-40-46(51)52-41-37-33-29-25-21-18-16-14-15-17-20-23-27-31-35-39-45(50)47-43(42-48)44(49)38-34-30-26-22-12-10-8-6-4-2/h9,11,43-44,48-49H,3-8,10,12-42H2,1-2H3,(H,47,50)/b11-9-. The smallest absolute Gasteiger partial charge is 0.305 e. The van der Waals surface area contributed by atoms with Crippen LogP contribution < -0.4 is 5.32 Å². The minimum atomic E-state index is -0.666. The van der Waals surface area contributed by atoms with Gasteiger partial charge >= 0.3 is 5.97 Å². The van der Waals surface area contributed by atoms with Crippen LogP contribution in [0.1, 0.15) is 245 Å². The molecular weight excluding hydrogens is 647 g/mol. The zero-order chi connectivity index (χ0) is 38.0. The SMILES string of the molecule is CCCC/C=C\CCCCCCCC(=O)OCCCCCCCCCCCCCCCCCC(=O)NC(CO)C(O)CCCCCCCCCCC. The number of hydrogen-bond donors (Lipinski definition) is 3. The third-order valence-electron chi connectivity index (χ3n) is 10.6. The zero-order valence-corrected chi connectivity index (χ0v) is 34.8. The van der Waals surface area contributed by atoms with Crippen molar-refractivity contribution < 1.29 is 24.5 Å². The summed E-state index contributed by atoms with van der Waals surface area (Å²) in [7, 11) is 0. The maximum atomic E-state index is 12.4. The molecule has 0 fully saturated rings. The second-order valence-electron chi connectivity index (χ2n) is 15.7. The van der Waals surface area contributed by atoms with Crippen molar-refractivity contribution in [3.05, 3.63) is 12.2 Å². The highest BCUT2D eigenvalue weighted by molar-refractivity contribution is 5.76. The first-order valence-electron chi connectivity index (χ1n) is 22.9. The molecule has 0 radical (unpaired) electrons. The van der Waals surface area contributed by atoms with Gasteiger partial charge < -0.3 is 20.3 Å². The van der Waals surface area contributed by atoms with Crippen molar-refractivity contribution in [2.45, 2.75) is 257 Å². The van der Waals surface area contributed by atoms with E-state index in [2.05, 4.69) is 31.3 Å². The summed E-state index contributed by atoms with van der Waals surface area (Å²) < 4.78 is 5.43. The van der Waals surface area contributed by atoms with Crippen molar-refractivity contribution in [3.63, 3.8) is 0 Å². The molecule has 0 rings (SSSR count). The fourth-order valence-corrected chi connectivity index (χ4v) is 6.97. The number of hydrogen-bond acceptors (Lipinski definition) is 5. The Morgan fingerprint density at radius 2 is 0.923 bits per heavy atom. The number of ether oxygens (including phenoxy) is 1. The summed E-state index contributed by atoms with van der Waals surface area (Å²) in [6.45, 7) is 4.86. The number of aliphatic hydroxyl groups is 2. The van der Waals surface area contributed by atoms with Crippen molar-refractivity contribution in [2.75, 3.05) is 13.2 Å². The molecule has 6 heteroatoms. The first kappa shape index (κ1) is 50.6. The Bertz CT molecular complexity index is 772. The van der Waals surface area contributed by atoms with Crippen LogP contribution in [-0.2, 0) is 14.3 Å². The number of rotatable bonds is 42. The van der Waals surface area contributed by atoms with Gasteiger partial charge in [0.15, 0.2) is 0 Å². The van der Waals surface area contributed by atoms with Crippen molar-refractivity contribution in [2.24, 2.45) is 0 Å². The van der Waals surface area contributed by atoms with Gasteiger partial charge in [0.1, 0.15) is 0 Å². The monoisotopic (exact) mass is 736 g/mol. The van der Waals surface area contributed by atoms with Crippen molar-refractivity contribution in [1.29, 1.82) is 0 Å². The lowest BCUT2D eigenvalue weighted by Gasteiger charge is -2.22. The fourth-order valence-electron chi connectivity index (χ4n) is 6.97. The molecule has 0 saturated carbocycles. The molecule has 0 aliphatic rings. The van der Waals surface area contributed by atoms with Gasteiger partial charge in [-0.15, -0.1) is 0 Å². The Kier molecular flexibility index (Phi) is 41.2. The van der Waals surface area contributed by atoms with Gasteiger partial charge in [-0.05, 0) is 44.9 Å². The predicted molar refractivity (Wildman–Crippen MR) is 223 cm³/mol. The second kappa shape index (κ2) is 42.3. The van der Waals surface area contributed by atoms with Gasteiger partial charge in [0.2, 0.25) is 5.91 Å². The molecule has 0 aliphatic carbocycles. The number of aliphatic hydroxyl groups excluding tert-OH is 2. The van der Waals surface area contributed by atoms with E-state index < -0.39 is 12.1 Å². The maximum absolute atomic E-state index is 12.4. The minimum Gasteiger partial charge on any atom is -0.466 e. The van der Waals surface area contributed by atoms with Crippen LogP contribution >= 0.6 is 0 Å².